The topological polar surface area (TPSA) is 113 Å². The molecule has 3 unspecified atom stereocenters. The Kier molecular flexibility index (Phi) is 5.37. The highest BCUT2D eigenvalue weighted by atomic mass is 16.3. The number of hydrogen-bond acceptors (Lipinski definition) is 6. The third-order valence-electron chi connectivity index (χ3n) is 4.42. The van der Waals surface area contributed by atoms with Gasteiger partial charge in [-0.15, -0.1) is 0 Å². The van der Waals surface area contributed by atoms with Gasteiger partial charge in [-0.05, 0) is 39.5 Å². The molecule has 2 rings (SSSR count). The molecule has 5 N–H and O–H groups in total. The molecular formula is C16H25B2N5O2. The Morgan fingerprint density at radius 1 is 1.40 bits per heavy atom. The molecule has 0 bridgehead atoms. The van der Waals surface area contributed by atoms with E-state index in [1.807, 2.05) is 27.7 Å². The lowest BCUT2D eigenvalue weighted by atomic mass is 9.43. The number of primary amides is 1. The molecule has 1 aromatic rings. The number of aromatic nitrogens is 2. The van der Waals surface area contributed by atoms with Crippen LogP contribution in [-0.2, 0) is 0 Å². The molecule has 1 aliphatic carbocycles. The Hall–Kier alpha value is -1.76. The predicted molar refractivity (Wildman–Crippen MR) is 99.9 cm³/mol. The number of carbonyl (C=O) groups excluding carboxylic acids is 1. The van der Waals surface area contributed by atoms with Crippen molar-refractivity contribution in [2.75, 3.05) is 10.6 Å². The fourth-order valence-corrected chi connectivity index (χ4v) is 2.97. The summed E-state index contributed by atoms with van der Waals surface area (Å²) in [5, 5.41) is 15.2. The monoisotopic (exact) mass is 341 g/mol. The summed E-state index contributed by atoms with van der Waals surface area (Å²) in [6.45, 7) is 7.81. The van der Waals surface area contributed by atoms with Crippen LogP contribution < -0.4 is 16.4 Å². The van der Waals surface area contributed by atoms with Crippen LogP contribution in [0.15, 0.2) is 6.20 Å². The molecule has 3 atom stereocenters. The summed E-state index contributed by atoms with van der Waals surface area (Å²) in [6, 6.07) is -0.464. The van der Waals surface area contributed by atoms with E-state index in [4.69, 9.17) is 21.4 Å². The molecule has 0 aromatic carbocycles. The number of nitrogens with one attached hydrogen (secondary N) is 2. The van der Waals surface area contributed by atoms with Gasteiger partial charge in [0.2, 0.25) is 5.95 Å². The molecule has 0 saturated heterocycles. The summed E-state index contributed by atoms with van der Waals surface area (Å²) in [7, 11) is 12.3. The lowest BCUT2D eigenvalue weighted by Gasteiger charge is -2.47. The molecule has 1 aliphatic rings. The number of amides is 1. The molecule has 1 amide bonds. The molecule has 0 aliphatic heterocycles. The average Bonchev–Trinajstić information content (AvgIpc) is 2.46. The van der Waals surface area contributed by atoms with Crippen LogP contribution in [-0.4, -0.2) is 54.4 Å². The second-order valence-electron chi connectivity index (χ2n) is 7.89. The van der Waals surface area contributed by atoms with E-state index < -0.39 is 23.3 Å². The third-order valence-corrected chi connectivity index (χ3v) is 4.42. The first-order valence-electron chi connectivity index (χ1n) is 8.39. The minimum atomic E-state index is -1.35. The van der Waals surface area contributed by atoms with Gasteiger partial charge in [-0.1, -0.05) is 12.1 Å². The molecule has 0 spiro atoms. The van der Waals surface area contributed by atoms with Gasteiger partial charge in [0.05, 0.1) is 21.3 Å². The number of aliphatic hydroxyl groups excluding tert-OH is 1. The minimum absolute atomic E-state index is 0.00724. The largest absolute Gasteiger partial charge is 0.394 e. The normalized spacial score (nSPS) is 26.0. The Morgan fingerprint density at radius 3 is 2.60 bits per heavy atom. The maximum atomic E-state index is 11.7. The molecule has 1 fully saturated rings. The van der Waals surface area contributed by atoms with Gasteiger partial charge in [0.25, 0.3) is 5.91 Å². The van der Waals surface area contributed by atoms with Crippen molar-refractivity contribution in [3.63, 3.8) is 0 Å². The van der Waals surface area contributed by atoms with Gasteiger partial charge >= 0.3 is 0 Å². The number of nitrogens with two attached hydrogens (primary N) is 1. The first-order chi connectivity index (χ1) is 11.4. The van der Waals surface area contributed by atoms with Crippen molar-refractivity contribution in [3.8, 4) is 0 Å². The summed E-state index contributed by atoms with van der Waals surface area (Å²) in [5.74, 6) is -0.0630. The zero-order valence-corrected chi connectivity index (χ0v) is 15.2. The van der Waals surface area contributed by atoms with Gasteiger partial charge < -0.3 is 21.5 Å². The molecular weight excluding hydrogens is 316 g/mol. The molecule has 4 radical (unpaired) electrons. The van der Waals surface area contributed by atoms with Crippen molar-refractivity contribution >= 4 is 33.4 Å². The van der Waals surface area contributed by atoms with Crippen molar-refractivity contribution in [2.45, 2.75) is 63.4 Å². The number of hydrogen-bond donors (Lipinski definition) is 4. The van der Waals surface area contributed by atoms with Gasteiger partial charge in [-0.3, -0.25) is 4.79 Å². The van der Waals surface area contributed by atoms with Crippen LogP contribution in [0.2, 0.25) is 5.21 Å². The number of aliphatic hydroxyl groups is 1. The molecule has 132 valence electrons. The van der Waals surface area contributed by atoms with Crippen molar-refractivity contribution in [3.05, 3.63) is 11.8 Å². The van der Waals surface area contributed by atoms with Crippen LogP contribution in [0.25, 0.3) is 0 Å². The molecule has 7 nitrogen and oxygen atoms in total. The quantitative estimate of drug-likeness (QED) is 0.603. The van der Waals surface area contributed by atoms with E-state index in [-0.39, 0.29) is 22.8 Å². The van der Waals surface area contributed by atoms with E-state index in [1.54, 1.807) is 0 Å². The lowest BCUT2D eigenvalue weighted by molar-refractivity contribution is 0.0602. The maximum Gasteiger partial charge on any atom is 0.254 e. The zero-order chi connectivity index (χ0) is 19.0. The van der Waals surface area contributed by atoms with Crippen LogP contribution in [0, 0.1) is 5.92 Å². The fourth-order valence-electron chi connectivity index (χ4n) is 2.97. The standard InChI is InChI=1S/C16H25B2N5O2/c1-8-5-6-10(16(17,18)11(8)24)21-13-9(12(19)25)7-20-14(22-13)23-15(2,3)4/h7-8,10-11,24H,5-6H2,1-4H3,(H2,19,25)(H2,20,21,22,23). The second kappa shape index (κ2) is 6.86. The Labute approximate surface area is 151 Å². The Morgan fingerprint density at radius 2 is 2.04 bits per heavy atom. The first kappa shape index (κ1) is 19.6. The van der Waals surface area contributed by atoms with Gasteiger partial charge in [0.15, 0.2) is 0 Å². The van der Waals surface area contributed by atoms with E-state index in [0.717, 1.165) is 6.42 Å². The lowest BCUT2D eigenvalue weighted by Crippen LogP contribution is -2.50. The Bertz CT molecular complexity index is 648. The second-order valence-corrected chi connectivity index (χ2v) is 7.89. The molecule has 9 heteroatoms. The number of anilines is 2. The number of nitrogens with zero attached hydrogens (tertiary/aromatic N) is 2. The highest BCUT2D eigenvalue weighted by Crippen LogP contribution is 2.41. The van der Waals surface area contributed by atoms with Crippen molar-refractivity contribution in [1.82, 2.24) is 9.97 Å². The van der Waals surface area contributed by atoms with Crippen molar-refractivity contribution < 1.29 is 9.90 Å². The average molecular weight is 341 g/mol. The number of carbonyl (C=O) groups is 1. The highest BCUT2D eigenvalue weighted by molar-refractivity contribution is 6.41. The van der Waals surface area contributed by atoms with Gasteiger partial charge in [0, 0.05) is 23.9 Å². The summed E-state index contributed by atoms with van der Waals surface area (Å²) in [5.41, 5.74) is 5.31. The SMILES string of the molecule is [B]C1([B])C(Nc2nc(NC(C)(C)C)ncc2C(N)=O)CCC(C)C1O. The van der Waals surface area contributed by atoms with Gasteiger partial charge in [-0.25, -0.2) is 4.98 Å². The molecule has 1 saturated carbocycles. The molecule has 25 heavy (non-hydrogen) atoms. The smallest absolute Gasteiger partial charge is 0.254 e. The highest BCUT2D eigenvalue weighted by Gasteiger charge is 2.42. The van der Waals surface area contributed by atoms with E-state index in [9.17, 15) is 9.90 Å². The summed E-state index contributed by atoms with van der Waals surface area (Å²) in [6.07, 6.45) is 1.88. The van der Waals surface area contributed by atoms with Gasteiger partial charge in [-0.2, -0.15) is 4.98 Å². The minimum Gasteiger partial charge on any atom is -0.394 e. The molecule has 1 heterocycles. The van der Waals surface area contributed by atoms with Gasteiger partial charge in [0.1, 0.15) is 5.82 Å². The summed E-state index contributed by atoms with van der Waals surface area (Å²) in [4.78, 5) is 20.2. The van der Waals surface area contributed by atoms with E-state index >= 15 is 0 Å². The van der Waals surface area contributed by atoms with Crippen LogP contribution in [0.1, 0.15) is 50.9 Å². The zero-order valence-electron chi connectivity index (χ0n) is 15.2. The van der Waals surface area contributed by atoms with Crippen molar-refractivity contribution in [1.29, 1.82) is 0 Å². The van der Waals surface area contributed by atoms with Crippen LogP contribution >= 0.6 is 0 Å². The van der Waals surface area contributed by atoms with E-state index in [2.05, 4.69) is 20.6 Å². The summed E-state index contributed by atoms with van der Waals surface area (Å²) < 4.78 is 0. The number of rotatable bonds is 4. The van der Waals surface area contributed by atoms with Crippen LogP contribution in [0.4, 0.5) is 11.8 Å². The van der Waals surface area contributed by atoms with Crippen LogP contribution in [0.5, 0.6) is 0 Å². The summed E-state index contributed by atoms with van der Waals surface area (Å²) >= 11 is 0. The Balaban J connectivity index is 2.33. The van der Waals surface area contributed by atoms with E-state index in [0.29, 0.717) is 12.4 Å². The maximum absolute atomic E-state index is 11.7. The third kappa shape index (κ3) is 4.45. The van der Waals surface area contributed by atoms with E-state index in [1.165, 1.54) is 6.20 Å². The molecule has 1 aromatic heterocycles. The first-order valence-corrected chi connectivity index (χ1v) is 8.39. The predicted octanol–water partition coefficient (Wildman–Crippen LogP) is 0.810. The van der Waals surface area contributed by atoms with Crippen LogP contribution in [0.3, 0.4) is 0 Å². The van der Waals surface area contributed by atoms with Crippen molar-refractivity contribution in [2.24, 2.45) is 11.7 Å². The fraction of sp³-hybridized carbons (Fsp3) is 0.688.